The summed E-state index contributed by atoms with van der Waals surface area (Å²) < 4.78 is 5.38. The van der Waals surface area contributed by atoms with Crippen molar-refractivity contribution < 1.29 is 9.53 Å². The molecule has 0 spiro atoms. The van der Waals surface area contributed by atoms with Gasteiger partial charge in [-0.3, -0.25) is 9.79 Å². The molecule has 0 saturated carbocycles. The van der Waals surface area contributed by atoms with Gasteiger partial charge in [-0.2, -0.15) is 0 Å². The number of rotatable bonds is 4. The maximum absolute atomic E-state index is 12.1. The summed E-state index contributed by atoms with van der Waals surface area (Å²) in [4.78, 5) is 16.5. The average molecular weight is 330 g/mol. The normalized spacial score (nSPS) is 13.3. The third kappa shape index (κ3) is 9.70. The first kappa shape index (κ1) is 19.2. The summed E-state index contributed by atoms with van der Waals surface area (Å²) in [6, 6.07) is 9.45. The van der Waals surface area contributed by atoms with E-state index in [-0.39, 0.29) is 18.4 Å². The van der Waals surface area contributed by atoms with Crippen LogP contribution in [0, 0.1) is 11.5 Å². The van der Waals surface area contributed by atoms with Crippen LogP contribution >= 0.6 is 0 Å². The molecule has 1 atom stereocenters. The highest BCUT2D eigenvalue weighted by molar-refractivity contribution is 6.83. The maximum Gasteiger partial charge on any atom is 0.309 e. The second-order valence-corrected chi connectivity index (χ2v) is 12.3. The molecule has 0 bridgehead atoms. The Labute approximate surface area is 141 Å². The molecule has 0 N–H and O–H groups in total. The molecular weight excluding hydrogens is 302 g/mol. The molecule has 0 radical (unpaired) electrons. The van der Waals surface area contributed by atoms with Crippen LogP contribution in [0.1, 0.15) is 32.8 Å². The van der Waals surface area contributed by atoms with E-state index in [4.69, 9.17) is 4.74 Å². The number of nitrogens with zero attached hydrogens (tertiary/aromatic N) is 1. The summed E-state index contributed by atoms with van der Waals surface area (Å²) in [6.07, 6.45) is 1.95. The predicted molar refractivity (Wildman–Crippen MR) is 99.4 cm³/mol. The van der Waals surface area contributed by atoms with E-state index in [9.17, 15) is 4.79 Å². The zero-order valence-corrected chi connectivity index (χ0v) is 16.0. The minimum Gasteiger partial charge on any atom is -0.460 e. The van der Waals surface area contributed by atoms with Crippen molar-refractivity contribution >= 4 is 20.3 Å². The second kappa shape index (κ2) is 8.12. The van der Waals surface area contributed by atoms with Crippen molar-refractivity contribution in [3.8, 4) is 11.5 Å². The Hall–Kier alpha value is -1.86. The molecule has 0 saturated heterocycles. The number of carbonyl (C=O) groups is 1. The van der Waals surface area contributed by atoms with Gasteiger partial charge in [0, 0.05) is 6.21 Å². The standard InChI is InChI=1S/C19H27NO2Si/c1-19(2,3)22-18(21)14-17(12-13-23(4,5)6)20-15-16-10-8-7-9-11-16/h7-11,15,17H,14H2,1-6H3/t17-/m1/s1. The molecule has 1 aromatic rings. The van der Waals surface area contributed by atoms with Crippen LogP contribution in [-0.2, 0) is 9.53 Å². The Morgan fingerprint density at radius 2 is 1.87 bits per heavy atom. The Morgan fingerprint density at radius 3 is 2.39 bits per heavy atom. The maximum atomic E-state index is 12.1. The van der Waals surface area contributed by atoms with Gasteiger partial charge in [-0.15, -0.1) is 5.54 Å². The molecule has 1 rings (SSSR count). The van der Waals surface area contributed by atoms with Crippen molar-refractivity contribution in [2.45, 2.75) is 58.5 Å². The lowest BCUT2D eigenvalue weighted by Gasteiger charge is -2.20. The summed E-state index contributed by atoms with van der Waals surface area (Å²) in [5.74, 6) is 2.89. The van der Waals surface area contributed by atoms with Crippen LogP contribution in [0.5, 0.6) is 0 Å². The lowest BCUT2D eigenvalue weighted by Crippen LogP contribution is -2.26. The minimum atomic E-state index is -1.51. The lowest BCUT2D eigenvalue weighted by molar-refractivity contribution is -0.154. The van der Waals surface area contributed by atoms with Crippen LogP contribution in [-0.4, -0.2) is 31.9 Å². The topological polar surface area (TPSA) is 38.7 Å². The fraction of sp³-hybridized carbons (Fsp3) is 0.474. The number of hydrogen-bond donors (Lipinski definition) is 0. The van der Waals surface area contributed by atoms with Gasteiger partial charge in [-0.1, -0.05) is 55.9 Å². The average Bonchev–Trinajstić information content (AvgIpc) is 2.40. The summed E-state index contributed by atoms with van der Waals surface area (Å²) in [7, 11) is -1.51. The molecule has 3 nitrogen and oxygen atoms in total. The van der Waals surface area contributed by atoms with Gasteiger partial charge in [-0.25, -0.2) is 0 Å². The second-order valence-electron chi connectivity index (χ2n) is 7.51. The van der Waals surface area contributed by atoms with Crippen molar-refractivity contribution in [1.82, 2.24) is 0 Å². The molecule has 4 heteroatoms. The van der Waals surface area contributed by atoms with Gasteiger partial charge in [0.05, 0.1) is 6.42 Å². The van der Waals surface area contributed by atoms with Crippen molar-refractivity contribution in [2.24, 2.45) is 4.99 Å². The first-order chi connectivity index (χ1) is 10.6. The van der Waals surface area contributed by atoms with Crippen LogP contribution in [0.15, 0.2) is 35.3 Å². The fourth-order valence-electron chi connectivity index (χ4n) is 1.70. The van der Waals surface area contributed by atoms with E-state index in [2.05, 4.69) is 36.1 Å². The molecule has 0 aromatic heterocycles. The number of carbonyl (C=O) groups excluding carboxylic acids is 1. The summed E-state index contributed by atoms with van der Waals surface area (Å²) >= 11 is 0. The van der Waals surface area contributed by atoms with Crippen molar-refractivity contribution in [2.75, 3.05) is 0 Å². The Morgan fingerprint density at radius 1 is 1.26 bits per heavy atom. The molecule has 0 amide bonds. The van der Waals surface area contributed by atoms with Gasteiger partial charge in [0.1, 0.15) is 19.7 Å². The van der Waals surface area contributed by atoms with E-state index < -0.39 is 13.7 Å². The van der Waals surface area contributed by atoms with E-state index in [1.54, 1.807) is 6.21 Å². The largest absolute Gasteiger partial charge is 0.460 e. The fourth-order valence-corrected chi connectivity index (χ4v) is 2.30. The van der Waals surface area contributed by atoms with Gasteiger partial charge >= 0.3 is 5.97 Å². The van der Waals surface area contributed by atoms with Crippen LogP contribution < -0.4 is 0 Å². The van der Waals surface area contributed by atoms with E-state index in [1.165, 1.54) is 0 Å². The van der Waals surface area contributed by atoms with Crippen molar-refractivity contribution in [3.05, 3.63) is 35.9 Å². The number of esters is 1. The van der Waals surface area contributed by atoms with E-state index in [1.807, 2.05) is 51.1 Å². The Balaban J connectivity index is 2.87. The Kier molecular flexibility index (Phi) is 6.77. The molecule has 124 valence electrons. The molecule has 23 heavy (non-hydrogen) atoms. The molecule has 0 heterocycles. The molecule has 1 aromatic carbocycles. The predicted octanol–water partition coefficient (Wildman–Crippen LogP) is 4.09. The molecule has 0 aliphatic rings. The monoisotopic (exact) mass is 329 g/mol. The number of aliphatic imine (C=N–C) groups is 1. The molecule has 0 aliphatic carbocycles. The number of hydrogen-bond acceptors (Lipinski definition) is 3. The van der Waals surface area contributed by atoms with Crippen LogP contribution in [0.2, 0.25) is 19.6 Å². The smallest absolute Gasteiger partial charge is 0.309 e. The van der Waals surface area contributed by atoms with E-state index >= 15 is 0 Å². The van der Waals surface area contributed by atoms with Gasteiger partial charge < -0.3 is 4.74 Å². The van der Waals surface area contributed by atoms with Crippen molar-refractivity contribution in [3.63, 3.8) is 0 Å². The van der Waals surface area contributed by atoms with Crippen LogP contribution in [0.3, 0.4) is 0 Å². The first-order valence-electron chi connectivity index (χ1n) is 7.88. The highest BCUT2D eigenvalue weighted by Gasteiger charge is 2.19. The quantitative estimate of drug-likeness (QED) is 0.361. The molecular formula is C19H27NO2Si. The zero-order valence-electron chi connectivity index (χ0n) is 15.0. The Bertz CT molecular complexity index is 598. The number of ether oxygens (including phenoxy) is 1. The summed E-state index contributed by atoms with van der Waals surface area (Å²) in [6.45, 7) is 12.1. The lowest BCUT2D eigenvalue weighted by atomic mass is 10.1. The highest BCUT2D eigenvalue weighted by atomic mass is 28.3. The molecule has 0 aliphatic heterocycles. The summed E-state index contributed by atoms with van der Waals surface area (Å²) in [5.41, 5.74) is 3.80. The van der Waals surface area contributed by atoms with E-state index in [0.29, 0.717) is 0 Å². The van der Waals surface area contributed by atoms with E-state index in [0.717, 1.165) is 5.56 Å². The van der Waals surface area contributed by atoms with Crippen molar-refractivity contribution in [1.29, 1.82) is 0 Å². The SMILES string of the molecule is CC(C)(C)OC(=O)C[C@@H](C#C[Si](C)(C)C)N=Cc1ccccc1. The third-order valence-electron chi connectivity index (χ3n) is 2.60. The minimum absolute atomic E-state index is 0.179. The van der Waals surface area contributed by atoms with Crippen LogP contribution in [0.4, 0.5) is 0 Å². The van der Waals surface area contributed by atoms with Gasteiger partial charge in [0.25, 0.3) is 0 Å². The van der Waals surface area contributed by atoms with Gasteiger partial charge in [0.15, 0.2) is 0 Å². The van der Waals surface area contributed by atoms with Crippen LogP contribution in [0.25, 0.3) is 0 Å². The first-order valence-corrected chi connectivity index (χ1v) is 11.4. The third-order valence-corrected chi connectivity index (χ3v) is 3.49. The molecule has 0 unspecified atom stereocenters. The number of benzene rings is 1. The van der Waals surface area contributed by atoms with Gasteiger partial charge in [-0.05, 0) is 26.3 Å². The highest BCUT2D eigenvalue weighted by Crippen LogP contribution is 2.11. The van der Waals surface area contributed by atoms with Gasteiger partial charge in [0.2, 0.25) is 0 Å². The molecule has 0 fully saturated rings. The zero-order chi connectivity index (χ0) is 17.5. The summed E-state index contributed by atoms with van der Waals surface area (Å²) in [5, 5.41) is 0.